The van der Waals surface area contributed by atoms with E-state index in [-0.39, 0.29) is 23.1 Å². The van der Waals surface area contributed by atoms with Crippen LogP contribution in [0.15, 0.2) is 24.4 Å². The van der Waals surface area contributed by atoms with Gasteiger partial charge in [-0.3, -0.25) is 10.1 Å². The summed E-state index contributed by atoms with van der Waals surface area (Å²) in [4.78, 5) is 18.0. The van der Waals surface area contributed by atoms with Gasteiger partial charge in [0.1, 0.15) is 17.8 Å². The van der Waals surface area contributed by atoms with Gasteiger partial charge >= 0.3 is 5.69 Å². The number of rotatable bonds is 5. The molecule has 0 aliphatic heterocycles. The van der Waals surface area contributed by atoms with Crippen molar-refractivity contribution in [2.75, 3.05) is 24.8 Å². The third kappa shape index (κ3) is 3.14. The van der Waals surface area contributed by atoms with Gasteiger partial charge in [-0.25, -0.2) is 9.37 Å². The zero-order chi connectivity index (χ0) is 15.4. The van der Waals surface area contributed by atoms with E-state index >= 15 is 0 Å². The molecule has 2 aromatic rings. The van der Waals surface area contributed by atoms with Crippen molar-refractivity contribution in [3.8, 4) is 5.75 Å². The lowest BCUT2D eigenvalue weighted by Gasteiger charge is -2.09. The second-order valence-corrected chi connectivity index (χ2v) is 3.91. The number of halogens is 1. The van der Waals surface area contributed by atoms with E-state index in [1.54, 1.807) is 7.05 Å². The molecule has 0 spiro atoms. The molecule has 0 radical (unpaired) electrons. The number of nitrogens with one attached hydrogen (secondary N) is 2. The molecule has 8 nitrogen and oxygen atoms in total. The number of benzene rings is 1. The van der Waals surface area contributed by atoms with Gasteiger partial charge < -0.3 is 15.4 Å². The summed E-state index contributed by atoms with van der Waals surface area (Å²) in [6, 6.07) is 4.00. The summed E-state index contributed by atoms with van der Waals surface area (Å²) in [5.74, 6) is -0.128. The smallest absolute Gasteiger partial charge is 0.329 e. The molecular weight excluding hydrogens is 281 g/mol. The van der Waals surface area contributed by atoms with E-state index in [0.29, 0.717) is 5.75 Å². The van der Waals surface area contributed by atoms with Crippen molar-refractivity contribution in [3.05, 3.63) is 40.3 Å². The first kappa shape index (κ1) is 14.4. The molecule has 0 atom stereocenters. The second kappa shape index (κ2) is 5.99. The Morgan fingerprint density at radius 2 is 2.19 bits per heavy atom. The van der Waals surface area contributed by atoms with Crippen molar-refractivity contribution >= 4 is 23.1 Å². The highest BCUT2D eigenvalue weighted by molar-refractivity contribution is 5.67. The van der Waals surface area contributed by atoms with Gasteiger partial charge in [0, 0.05) is 13.1 Å². The molecule has 1 aromatic heterocycles. The Hall–Kier alpha value is -2.97. The van der Waals surface area contributed by atoms with Crippen LogP contribution in [0.2, 0.25) is 0 Å². The Labute approximate surface area is 119 Å². The Morgan fingerprint density at radius 1 is 1.43 bits per heavy atom. The Kier molecular flexibility index (Phi) is 4.12. The molecule has 9 heteroatoms. The molecule has 1 heterocycles. The van der Waals surface area contributed by atoms with Crippen LogP contribution in [0.1, 0.15) is 0 Å². The van der Waals surface area contributed by atoms with Gasteiger partial charge in [-0.15, -0.1) is 0 Å². The highest BCUT2D eigenvalue weighted by Crippen LogP contribution is 2.29. The molecule has 110 valence electrons. The van der Waals surface area contributed by atoms with E-state index in [1.165, 1.54) is 25.3 Å². The molecule has 0 unspecified atom stereocenters. The molecule has 0 aliphatic rings. The lowest BCUT2D eigenvalue weighted by molar-refractivity contribution is -0.384. The molecule has 21 heavy (non-hydrogen) atoms. The summed E-state index contributed by atoms with van der Waals surface area (Å²) in [5.41, 5.74) is -0.352. The van der Waals surface area contributed by atoms with Crippen LogP contribution >= 0.6 is 0 Å². The van der Waals surface area contributed by atoms with Crippen LogP contribution in [0.3, 0.4) is 0 Å². The Bertz CT molecular complexity index is 680. The summed E-state index contributed by atoms with van der Waals surface area (Å²) in [5, 5.41) is 16.2. The fourth-order valence-corrected chi connectivity index (χ4v) is 1.58. The summed E-state index contributed by atoms with van der Waals surface area (Å²) in [7, 11) is 3.00. The largest absolute Gasteiger partial charge is 0.497 e. The molecule has 0 fully saturated rings. The van der Waals surface area contributed by atoms with Gasteiger partial charge in [-0.1, -0.05) is 0 Å². The van der Waals surface area contributed by atoms with E-state index in [1.807, 2.05) is 0 Å². The predicted molar refractivity (Wildman–Crippen MR) is 74.5 cm³/mol. The third-order valence-corrected chi connectivity index (χ3v) is 2.62. The van der Waals surface area contributed by atoms with Gasteiger partial charge in [-0.05, 0) is 12.1 Å². The van der Waals surface area contributed by atoms with Crippen molar-refractivity contribution in [1.82, 2.24) is 9.97 Å². The molecule has 2 rings (SSSR count). The lowest BCUT2D eigenvalue weighted by atomic mass is 10.3. The number of aromatic nitrogens is 2. The molecule has 0 saturated heterocycles. The maximum atomic E-state index is 13.8. The second-order valence-electron chi connectivity index (χ2n) is 3.91. The maximum absolute atomic E-state index is 13.8. The zero-order valence-electron chi connectivity index (χ0n) is 11.3. The number of methoxy groups -OCH3 is 1. The SMILES string of the molecule is CNc1ncc([N+](=O)[O-])c(Nc2cc(OC)ccc2F)n1. The van der Waals surface area contributed by atoms with Crippen molar-refractivity contribution in [1.29, 1.82) is 0 Å². The van der Waals surface area contributed by atoms with Crippen LogP contribution in [0.5, 0.6) is 5.75 Å². The minimum Gasteiger partial charge on any atom is -0.497 e. The van der Waals surface area contributed by atoms with Crippen LogP contribution < -0.4 is 15.4 Å². The van der Waals surface area contributed by atoms with E-state index < -0.39 is 10.7 Å². The van der Waals surface area contributed by atoms with E-state index in [9.17, 15) is 14.5 Å². The third-order valence-electron chi connectivity index (χ3n) is 2.62. The average molecular weight is 293 g/mol. The minimum absolute atomic E-state index is 0.0122. The van der Waals surface area contributed by atoms with E-state index in [2.05, 4.69) is 20.6 Å². The maximum Gasteiger partial charge on any atom is 0.329 e. The van der Waals surface area contributed by atoms with Crippen LogP contribution in [0.4, 0.5) is 27.5 Å². The van der Waals surface area contributed by atoms with Gasteiger partial charge in [0.25, 0.3) is 0 Å². The van der Waals surface area contributed by atoms with Crippen LogP contribution in [-0.2, 0) is 0 Å². The molecule has 0 aliphatic carbocycles. The monoisotopic (exact) mass is 293 g/mol. The summed E-state index contributed by atoms with van der Waals surface area (Å²) in [6.07, 6.45) is 1.04. The standard InChI is InChI=1S/C12H12FN5O3/c1-14-12-15-6-10(18(19)20)11(17-12)16-9-5-7(21-2)3-4-8(9)13/h3-6H,1-2H3,(H2,14,15,16,17). The number of hydrogen-bond acceptors (Lipinski definition) is 7. The molecular formula is C12H12FN5O3. The quantitative estimate of drug-likeness (QED) is 0.644. The average Bonchev–Trinajstić information content (AvgIpc) is 2.49. The topological polar surface area (TPSA) is 102 Å². The van der Waals surface area contributed by atoms with Gasteiger partial charge in [-0.2, -0.15) is 4.98 Å². The van der Waals surface area contributed by atoms with Crippen molar-refractivity contribution < 1.29 is 14.1 Å². The first-order valence-electron chi connectivity index (χ1n) is 5.85. The number of ether oxygens (including phenoxy) is 1. The number of nitro groups is 1. The van der Waals surface area contributed by atoms with Crippen molar-refractivity contribution in [3.63, 3.8) is 0 Å². The summed E-state index contributed by atoms with van der Waals surface area (Å²) >= 11 is 0. The number of hydrogen-bond donors (Lipinski definition) is 2. The predicted octanol–water partition coefficient (Wildman–Crippen LogP) is 2.32. The van der Waals surface area contributed by atoms with Gasteiger partial charge in [0.2, 0.25) is 11.8 Å². The highest BCUT2D eigenvalue weighted by atomic mass is 19.1. The van der Waals surface area contributed by atoms with E-state index in [4.69, 9.17) is 4.74 Å². The summed E-state index contributed by atoms with van der Waals surface area (Å²) in [6.45, 7) is 0. The molecule has 0 bridgehead atoms. The highest BCUT2D eigenvalue weighted by Gasteiger charge is 2.18. The number of nitrogens with zero attached hydrogens (tertiary/aromatic N) is 3. The van der Waals surface area contributed by atoms with Crippen LogP contribution in [0.25, 0.3) is 0 Å². The first-order chi connectivity index (χ1) is 10.0. The molecule has 1 aromatic carbocycles. The van der Waals surface area contributed by atoms with Gasteiger partial charge in [0.05, 0.1) is 17.7 Å². The fourth-order valence-electron chi connectivity index (χ4n) is 1.58. The molecule has 0 amide bonds. The molecule has 0 saturated carbocycles. The lowest BCUT2D eigenvalue weighted by Crippen LogP contribution is -2.05. The van der Waals surface area contributed by atoms with Crippen LogP contribution in [-0.4, -0.2) is 29.0 Å². The normalized spacial score (nSPS) is 10.0. The summed E-state index contributed by atoms with van der Waals surface area (Å²) < 4.78 is 18.7. The number of anilines is 3. The fraction of sp³-hybridized carbons (Fsp3) is 0.167. The van der Waals surface area contributed by atoms with Crippen LogP contribution in [0, 0.1) is 15.9 Å². The zero-order valence-corrected chi connectivity index (χ0v) is 11.3. The van der Waals surface area contributed by atoms with Gasteiger partial charge in [0.15, 0.2) is 0 Å². The van der Waals surface area contributed by atoms with E-state index in [0.717, 1.165) is 6.20 Å². The Morgan fingerprint density at radius 3 is 2.81 bits per heavy atom. The molecule has 2 N–H and O–H groups in total. The minimum atomic E-state index is -0.653. The van der Waals surface area contributed by atoms with Crippen molar-refractivity contribution in [2.24, 2.45) is 0 Å². The first-order valence-corrected chi connectivity index (χ1v) is 5.85. The Balaban J connectivity index is 2.44. The van der Waals surface area contributed by atoms with Crippen molar-refractivity contribution in [2.45, 2.75) is 0 Å².